The third-order valence-corrected chi connectivity index (χ3v) is 25.3. The fraction of sp³-hybridized carbons (Fsp3) is 0.535. The minimum atomic E-state index is -1.78. The number of rotatable bonds is 13. The van der Waals surface area contributed by atoms with Crippen LogP contribution in [0.4, 0.5) is 20.2 Å². The van der Waals surface area contributed by atoms with Crippen LogP contribution in [0.5, 0.6) is 0 Å². The molecule has 5 atom stereocenters. The summed E-state index contributed by atoms with van der Waals surface area (Å²) in [7, 11) is -1.78. The highest BCUT2D eigenvalue weighted by Gasteiger charge is 2.42. The second kappa shape index (κ2) is 39.5. The quantitative estimate of drug-likeness (QED) is 0.0235. The van der Waals surface area contributed by atoms with E-state index in [9.17, 15) is 14.4 Å². The second-order valence-electron chi connectivity index (χ2n) is 30.1. The molecule has 0 bridgehead atoms. The lowest BCUT2D eigenvalue weighted by atomic mass is 9.93. The monoisotopic (exact) mass is 1810 g/mol. The fourth-order valence-electron chi connectivity index (χ4n) is 9.56. The number of carbonyl (C=O) groups excluding carboxylic acids is 3. The molecule has 0 saturated carbocycles. The molecular weight excluding hydrogens is 1710 g/mol. The van der Waals surface area contributed by atoms with Crippen LogP contribution in [-0.2, 0) is 46.3 Å². The first-order valence-electron chi connectivity index (χ1n) is 33.7. The molecule has 0 saturated heterocycles. The van der Waals surface area contributed by atoms with Crippen LogP contribution >= 0.6 is 123 Å². The van der Waals surface area contributed by atoms with Crippen LogP contribution in [0.3, 0.4) is 0 Å². The van der Waals surface area contributed by atoms with Crippen molar-refractivity contribution in [2.45, 2.75) is 212 Å². The van der Waals surface area contributed by atoms with Crippen LogP contribution in [-0.4, -0.2) is 135 Å². The molecule has 12 N–H and O–H groups in total. The number of anilines is 1. The number of hydrogen-bond acceptors (Lipinski definition) is 23. The molecule has 5 aromatic rings. The summed E-state index contributed by atoms with van der Waals surface area (Å²) in [6, 6.07) is 28.4. The number of pyridine rings is 5. The van der Waals surface area contributed by atoms with Gasteiger partial charge in [-0.2, -0.15) is 4.90 Å². The number of thiocarbonyl (C=S) groups is 2. The average molecular weight is 1820 g/mol. The second-order valence-corrected chi connectivity index (χ2v) is 42.3. The number of amides is 3. The van der Waals surface area contributed by atoms with Gasteiger partial charge in [0.25, 0.3) is 0 Å². The van der Waals surface area contributed by atoms with Crippen molar-refractivity contribution in [3.63, 3.8) is 0 Å². The molecule has 3 amide bonds. The van der Waals surface area contributed by atoms with E-state index in [-0.39, 0.29) is 32.6 Å². The average Bonchev–Trinajstić information content (AvgIpc) is 0.804. The van der Waals surface area contributed by atoms with Crippen molar-refractivity contribution in [2.75, 3.05) is 36.2 Å². The largest absolute Gasteiger partial charge is 0.444 e. The predicted octanol–water partition coefficient (Wildman–Crippen LogP) is 16.7. The summed E-state index contributed by atoms with van der Waals surface area (Å²) in [6.07, 6.45) is 1.60. The summed E-state index contributed by atoms with van der Waals surface area (Å²) < 4.78 is 25.5. The number of nitrogens with zero attached hydrogens (tertiary/aromatic N) is 9. The number of nitrogens with one attached hydrogen (secondary N) is 3. The van der Waals surface area contributed by atoms with Gasteiger partial charge in [-0.25, -0.2) is 54.3 Å². The number of aliphatic hydroxyl groups is 1. The van der Waals surface area contributed by atoms with Crippen LogP contribution in [0.15, 0.2) is 124 Å². The molecule has 0 aliphatic carbocycles. The van der Waals surface area contributed by atoms with E-state index < -0.39 is 65.6 Å². The van der Waals surface area contributed by atoms with Crippen LogP contribution in [0, 0.1) is 0 Å². The highest BCUT2D eigenvalue weighted by atomic mass is 79.9. The molecule has 0 spiro atoms. The van der Waals surface area contributed by atoms with Gasteiger partial charge >= 0.3 is 18.3 Å². The number of thioether (sulfide) groups is 3. The van der Waals surface area contributed by atoms with E-state index in [1.807, 2.05) is 126 Å². The smallest absolute Gasteiger partial charge is 0.426 e. The maximum absolute atomic E-state index is 12.9. The topological polar surface area (TPSA) is 353 Å². The molecule has 3 aliphatic heterocycles. The van der Waals surface area contributed by atoms with Crippen LogP contribution < -0.4 is 38.9 Å². The lowest BCUT2D eigenvalue weighted by Gasteiger charge is -2.38. The van der Waals surface area contributed by atoms with Crippen LogP contribution in [0.2, 0.25) is 18.1 Å². The van der Waals surface area contributed by atoms with Gasteiger partial charge in [0.2, 0.25) is 0 Å². The van der Waals surface area contributed by atoms with Gasteiger partial charge < -0.3 is 57.3 Å². The zero-order valence-corrected chi connectivity index (χ0v) is 74.9. The van der Waals surface area contributed by atoms with E-state index in [2.05, 4.69) is 162 Å². The van der Waals surface area contributed by atoms with E-state index in [0.29, 0.717) is 46.0 Å². The SMILES string of the molecule is CC(C)(C)OC(=O)N(C(=O)OC(C)(C)C)C1=N[C@](C)(c2cccc(Br)n2)CCS1.CC(C)(C)OC(=O)NC1=N[C@](C)(c2cccc(N)n2)CCS1.CC(C)(C)[Si](C)(C)OCC[C@](C)(NC(N)=S)c1cccc(Br)n1.C[C@@](CCO)(NC(N)=S)c1cccc(Br)n1.C[C@@]1(c2cccc(Br)n2)CCSC(N)=N1. The molecule has 34 heteroatoms. The Bertz CT molecular complexity index is 3880. The Balaban J connectivity index is 0.000000283. The molecule has 8 rings (SSSR count). The van der Waals surface area contributed by atoms with Crippen molar-refractivity contribution < 1.29 is 38.1 Å². The molecule has 105 heavy (non-hydrogen) atoms. The summed E-state index contributed by atoms with van der Waals surface area (Å²) >= 11 is 27.8. The summed E-state index contributed by atoms with van der Waals surface area (Å²) in [6.45, 7) is 37.7. The Hall–Kier alpha value is -5.14. The summed E-state index contributed by atoms with van der Waals surface area (Å²) in [4.78, 5) is 74.6. The number of alkyl carbamates (subject to hydrolysis) is 1. The van der Waals surface area contributed by atoms with Gasteiger partial charge in [-0.15, -0.1) is 0 Å². The number of aromatic nitrogens is 5. The first kappa shape index (κ1) is 92.2. The Morgan fingerprint density at radius 1 is 0.552 bits per heavy atom. The van der Waals surface area contributed by atoms with Crippen molar-refractivity contribution >= 4 is 182 Å². The maximum Gasteiger partial charge on any atom is 0.426 e. The molecule has 8 heterocycles. The molecule has 0 fully saturated rings. The van der Waals surface area contributed by atoms with Gasteiger partial charge in [-0.05, 0) is 296 Å². The fourth-order valence-corrected chi connectivity index (χ4v) is 15.7. The summed E-state index contributed by atoms with van der Waals surface area (Å²) in [5.41, 5.74) is 22.4. The molecule has 24 nitrogen and oxygen atoms in total. The number of aliphatic hydroxyl groups excluding tert-OH is 1. The van der Waals surface area contributed by atoms with Gasteiger partial charge in [0.15, 0.2) is 34.0 Å². The third-order valence-electron chi connectivity index (χ3n) is 16.2. The van der Waals surface area contributed by atoms with Crippen LogP contribution in [0.1, 0.15) is 178 Å². The minimum absolute atomic E-state index is 0.0281. The van der Waals surface area contributed by atoms with E-state index >= 15 is 0 Å². The molecular formula is C71H104Br4N16O8S5Si. The Kier molecular flexibility index (Phi) is 34.7. The van der Waals surface area contributed by atoms with E-state index in [4.69, 9.17) is 76.1 Å². The van der Waals surface area contributed by atoms with Crippen LogP contribution in [0.25, 0.3) is 0 Å². The van der Waals surface area contributed by atoms with Gasteiger partial charge in [0, 0.05) is 30.5 Å². The number of hydrogen-bond donors (Lipinski definition) is 8. The molecule has 0 aromatic carbocycles. The predicted molar refractivity (Wildman–Crippen MR) is 454 cm³/mol. The van der Waals surface area contributed by atoms with E-state index in [0.717, 1.165) is 77.9 Å². The van der Waals surface area contributed by atoms with Crippen molar-refractivity contribution in [1.82, 2.24) is 45.8 Å². The highest BCUT2D eigenvalue weighted by Crippen LogP contribution is 2.40. The zero-order valence-electron chi connectivity index (χ0n) is 63.4. The summed E-state index contributed by atoms with van der Waals surface area (Å²) in [5.74, 6) is 2.96. The molecule has 0 unspecified atom stereocenters. The number of carbonyl (C=O) groups is 3. The maximum atomic E-state index is 12.9. The number of nitrogens with two attached hydrogens (primary N) is 4. The van der Waals surface area contributed by atoms with Gasteiger partial charge in [-0.3, -0.25) is 5.32 Å². The minimum Gasteiger partial charge on any atom is -0.444 e. The number of halogens is 4. The molecule has 3 aliphatic rings. The number of imide groups is 1. The standard InChI is InChI=1S/C20H28BrN3O4S.C16H28BrN3OSSi.C15H22N4O2S.C10H14BrN3OS.C10H12BrN3S/c1-18(2,3)27-16(25)24(17(26)28-19(4,5)6)15-23-20(7,11-12-29-15)13-9-8-10-14(21)22-13;1-15(2,3)23(5,6)21-11-10-16(4,20-14(18)22)12-8-7-9-13(17)19-12;1-14(2,3)21-13(20)18-12-19-15(4,8-9-22-12)10-6-5-7-11(16)17-10;1-10(5-6-15,14-9(12)16)7-3-2-4-8(11)13-7;1-10(5-6-15-9(12)14-10)7-3-2-4-8(11)13-7/h8-10H,11-12H2,1-7H3;7-9H,10-11H2,1-6H3,(H3,18,20,22);5-7H,8-9H2,1-4H3,(H2,16,17)(H,18,19,20);2-4,15H,5-6H2,1H3,(H3,12,14,16);2-4H,5-6H2,1H3,(H2,12,14)/t20-;16-;15-;2*10-/m00000/s1. The first-order valence-corrected chi connectivity index (χ1v) is 43.5. The molecule has 0 radical (unpaired) electrons. The lowest BCUT2D eigenvalue weighted by Crippen LogP contribution is -2.48. The number of amidine groups is 3. The van der Waals surface area contributed by atoms with E-state index in [1.165, 1.54) is 23.5 Å². The van der Waals surface area contributed by atoms with Crippen molar-refractivity contribution in [3.05, 3.63) is 138 Å². The Morgan fingerprint density at radius 3 is 1.34 bits per heavy atom. The normalized spacial score (nSPS) is 19.3. The van der Waals surface area contributed by atoms with Gasteiger partial charge in [0.05, 0.1) is 39.5 Å². The molecule has 5 aromatic heterocycles. The number of ether oxygens (including phenoxy) is 3. The van der Waals surface area contributed by atoms with Crippen molar-refractivity contribution in [2.24, 2.45) is 32.2 Å². The van der Waals surface area contributed by atoms with E-state index in [1.54, 1.807) is 59.4 Å². The number of nitrogen functional groups attached to an aromatic ring is 1. The van der Waals surface area contributed by atoms with Crippen molar-refractivity contribution in [3.8, 4) is 0 Å². The van der Waals surface area contributed by atoms with Gasteiger partial charge in [-0.1, -0.05) is 86.4 Å². The van der Waals surface area contributed by atoms with Gasteiger partial charge in [0.1, 0.15) is 57.7 Å². The Labute approximate surface area is 678 Å². The number of aliphatic imine (C=N–C) groups is 3. The third kappa shape index (κ3) is 31.0. The lowest BCUT2D eigenvalue weighted by molar-refractivity contribution is 0.0150. The summed E-state index contributed by atoms with van der Waals surface area (Å²) in [5, 5.41) is 20.0. The first-order chi connectivity index (χ1) is 48.3. The molecule has 578 valence electrons. The Morgan fingerprint density at radius 2 is 0.943 bits per heavy atom. The zero-order chi connectivity index (χ0) is 79.4. The van der Waals surface area contributed by atoms with Crippen molar-refractivity contribution in [1.29, 1.82) is 0 Å². The highest BCUT2D eigenvalue weighted by molar-refractivity contribution is 9.11.